The molecule has 7 aliphatic rings. The third kappa shape index (κ3) is 4.90. The van der Waals surface area contributed by atoms with Crippen LogP contribution in [0.4, 0.5) is 10.2 Å². The van der Waals surface area contributed by atoms with Crippen molar-refractivity contribution in [3.63, 3.8) is 0 Å². The van der Waals surface area contributed by atoms with Gasteiger partial charge in [-0.15, -0.1) is 0 Å². The highest BCUT2D eigenvalue weighted by molar-refractivity contribution is 6.33. The number of anilines is 1. The number of nitrogens with one attached hydrogen (secondary N) is 1. The molecule has 2 atom stereocenters. The van der Waals surface area contributed by atoms with E-state index in [0.29, 0.717) is 63.1 Å². The Hall–Kier alpha value is -3.12. The average Bonchev–Trinajstić information content (AvgIpc) is 3.73. The zero-order valence-corrected chi connectivity index (χ0v) is 27.6. The maximum atomic E-state index is 14.6. The van der Waals surface area contributed by atoms with Gasteiger partial charge in [-0.25, -0.2) is 4.39 Å². The number of pyridine rings is 1. The number of alkyl halides is 1. The van der Waals surface area contributed by atoms with E-state index in [0.717, 1.165) is 102 Å². The lowest BCUT2D eigenvalue weighted by molar-refractivity contribution is -0.167. The Labute approximate surface area is 278 Å². The first-order valence-electron chi connectivity index (χ1n) is 17.1. The van der Waals surface area contributed by atoms with E-state index in [2.05, 4.69) is 26.9 Å². The standard InChI is InChI=1S/C35H41ClFN7O3/c1-21-29-25-13-38-30(21)28-23(26(36)11-27-24(28)14-39-42-27)5-2-10-46-20-35(45)16-33(17-35)6-3-8-43(18-33)31(25)41-32(40-29)47-19-34-7-4-9-44(34)15-22(37)12-34/h11,13-14,22,45H,2-10,12,15-20H2,1H3,(H,39,42)/t22-,33?,34+,35?/m1/s1. The molecule has 3 aromatic heterocycles. The van der Waals surface area contributed by atoms with Gasteiger partial charge in [0.25, 0.3) is 0 Å². The fourth-order valence-corrected chi connectivity index (χ4v) is 10.0. The molecule has 3 saturated heterocycles. The molecule has 4 fully saturated rings. The van der Waals surface area contributed by atoms with E-state index in [1.165, 1.54) is 0 Å². The number of hydrogen-bond acceptors (Lipinski definition) is 9. The van der Waals surface area contributed by atoms with Gasteiger partial charge in [-0.1, -0.05) is 11.6 Å². The molecule has 1 saturated carbocycles. The third-order valence-corrected chi connectivity index (χ3v) is 12.0. The van der Waals surface area contributed by atoms with Crippen LogP contribution in [0.1, 0.15) is 62.5 Å². The summed E-state index contributed by atoms with van der Waals surface area (Å²) in [7, 11) is 0. The van der Waals surface area contributed by atoms with Gasteiger partial charge in [0.2, 0.25) is 0 Å². The summed E-state index contributed by atoms with van der Waals surface area (Å²) in [5.74, 6) is 0.803. The van der Waals surface area contributed by atoms with Crippen molar-refractivity contribution in [3.05, 3.63) is 34.6 Å². The second-order valence-electron chi connectivity index (χ2n) is 15.0. The minimum Gasteiger partial charge on any atom is -0.461 e. The van der Waals surface area contributed by atoms with E-state index >= 15 is 0 Å². The summed E-state index contributed by atoms with van der Waals surface area (Å²) in [5, 5.41) is 21.3. The van der Waals surface area contributed by atoms with Crippen molar-refractivity contribution in [2.45, 2.75) is 82.0 Å². The van der Waals surface area contributed by atoms with E-state index < -0.39 is 11.8 Å². The molecule has 12 heteroatoms. The van der Waals surface area contributed by atoms with Crippen LogP contribution in [0.25, 0.3) is 33.1 Å². The first kappa shape index (κ1) is 30.0. The number of hydrogen-bond donors (Lipinski definition) is 2. The van der Waals surface area contributed by atoms with Gasteiger partial charge in [-0.3, -0.25) is 15.0 Å². The van der Waals surface area contributed by atoms with E-state index in [9.17, 15) is 9.50 Å². The fraction of sp³-hybridized carbons (Fsp3) is 0.600. The van der Waals surface area contributed by atoms with Gasteiger partial charge in [0.1, 0.15) is 18.6 Å². The van der Waals surface area contributed by atoms with E-state index in [4.69, 9.17) is 36.0 Å². The largest absolute Gasteiger partial charge is 0.461 e. The lowest BCUT2D eigenvalue weighted by Gasteiger charge is -2.57. The number of aromatic nitrogens is 5. The van der Waals surface area contributed by atoms with Crippen molar-refractivity contribution in [1.82, 2.24) is 30.0 Å². The van der Waals surface area contributed by atoms with Crippen molar-refractivity contribution in [3.8, 4) is 17.3 Å². The van der Waals surface area contributed by atoms with Crippen molar-refractivity contribution in [2.24, 2.45) is 5.41 Å². The van der Waals surface area contributed by atoms with Crippen molar-refractivity contribution in [2.75, 3.05) is 50.9 Å². The third-order valence-electron chi connectivity index (χ3n) is 11.7. The molecule has 0 amide bonds. The first-order chi connectivity index (χ1) is 22.7. The molecule has 1 spiro atoms. The van der Waals surface area contributed by atoms with Crippen LogP contribution in [0.3, 0.4) is 0 Å². The molecular weight excluding hydrogens is 621 g/mol. The molecule has 47 heavy (non-hydrogen) atoms. The van der Waals surface area contributed by atoms with Gasteiger partial charge in [0.05, 0.1) is 46.1 Å². The fourth-order valence-electron chi connectivity index (χ4n) is 9.74. The number of aromatic amines is 1. The highest BCUT2D eigenvalue weighted by atomic mass is 35.5. The van der Waals surface area contributed by atoms with Crippen molar-refractivity contribution in [1.29, 1.82) is 0 Å². The van der Waals surface area contributed by atoms with E-state index in [-0.39, 0.29) is 11.0 Å². The molecule has 1 aliphatic carbocycles. The SMILES string of the molecule is Cc1c2ncc3c(nc(OC[C@@]45CCCN4C[C@H](F)C5)nc13)N1CCCC3(C1)CC(O)(COCCCc1c(Cl)cc4[nH]ncc4c1-2)C3. The molecule has 2 N–H and O–H groups in total. The smallest absolute Gasteiger partial charge is 0.319 e. The van der Waals surface area contributed by atoms with Gasteiger partial charge in [-0.05, 0) is 81.9 Å². The second kappa shape index (κ2) is 10.9. The van der Waals surface area contributed by atoms with Crippen LogP contribution >= 0.6 is 11.6 Å². The number of aryl methyl sites for hydroxylation is 1. The molecule has 1 aromatic carbocycles. The number of aliphatic hydroxyl groups is 1. The minimum absolute atomic E-state index is 0.00493. The highest BCUT2D eigenvalue weighted by Crippen LogP contribution is 2.54. The number of benzene rings is 1. The summed E-state index contributed by atoms with van der Waals surface area (Å²) in [6.07, 6.45) is 10.3. The lowest BCUT2D eigenvalue weighted by atomic mass is 9.56. The van der Waals surface area contributed by atoms with Crippen molar-refractivity contribution < 1.29 is 19.0 Å². The monoisotopic (exact) mass is 661 g/mol. The Morgan fingerprint density at radius 2 is 2.02 bits per heavy atom. The Kier molecular flexibility index (Phi) is 6.98. The molecule has 0 unspecified atom stereocenters. The molecule has 9 heterocycles. The highest BCUT2D eigenvalue weighted by Gasteiger charge is 2.55. The Bertz CT molecular complexity index is 1880. The molecule has 10 nitrogen and oxygen atoms in total. The Morgan fingerprint density at radius 1 is 1.15 bits per heavy atom. The van der Waals surface area contributed by atoms with Gasteiger partial charge in [-0.2, -0.15) is 15.1 Å². The second-order valence-corrected chi connectivity index (χ2v) is 15.4. The van der Waals surface area contributed by atoms with Crippen LogP contribution in [0.2, 0.25) is 5.02 Å². The number of piperidine rings is 1. The summed E-state index contributed by atoms with van der Waals surface area (Å²) >= 11 is 6.96. The molecule has 7 bridgehead atoms. The minimum atomic E-state index is -0.832. The maximum absolute atomic E-state index is 14.6. The molecule has 4 aromatic rings. The average molecular weight is 662 g/mol. The number of H-pyrrole nitrogens is 1. The summed E-state index contributed by atoms with van der Waals surface area (Å²) in [5.41, 5.74) is 4.14. The Morgan fingerprint density at radius 3 is 2.91 bits per heavy atom. The molecular formula is C35H41ClFN7O3. The van der Waals surface area contributed by atoms with E-state index in [1.54, 1.807) is 0 Å². The molecule has 248 valence electrons. The summed E-state index contributed by atoms with van der Waals surface area (Å²) in [4.78, 5) is 19.8. The number of ether oxygens (including phenoxy) is 2. The van der Waals surface area contributed by atoms with Crippen LogP contribution in [-0.2, 0) is 11.2 Å². The first-order valence-corrected chi connectivity index (χ1v) is 17.5. The number of fused-ring (bicyclic) bond motifs is 2. The number of rotatable bonds is 3. The predicted molar refractivity (Wildman–Crippen MR) is 178 cm³/mol. The van der Waals surface area contributed by atoms with Gasteiger partial charge < -0.3 is 19.5 Å². The van der Waals surface area contributed by atoms with Crippen LogP contribution < -0.4 is 9.64 Å². The maximum Gasteiger partial charge on any atom is 0.319 e. The molecule has 11 rings (SSSR count). The topological polar surface area (TPSA) is 113 Å². The predicted octanol–water partition coefficient (Wildman–Crippen LogP) is 5.56. The lowest BCUT2D eigenvalue weighted by Crippen LogP contribution is -2.60. The quantitative estimate of drug-likeness (QED) is 0.291. The number of nitrogens with zero attached hydrogens (tertiary/aromatic N) is 6. The van der Waals surface area contributed by atoms with E-state index in [1.807, 2.05) is 18.5 Å². The summed E-state index contributed by atoms with van der Waals surface area (Å²) < 4.78 is 27.2. The Balaban J connectivity index is 1.20. The zero-order valence-electron chi connectivity index (χ0n) is 26.8. The van der Waals surface area contributed by atoms with Gasteiger partial charge in [0.15, 0.2) is 0 Å². The van der Waals surface area contributed by atoms with Crippen LogP contribution in [0.5, 0.6) is 6.01 Å². The molecule has 0 radical (unpaired) electrons. The normalized spacial score (nSPS) is 30.9. The van der Waals surface area contributed by atoms with Crippen LogP contribution in [0, 0.1) is 12.3 Å². The summed E-state index contributed by atoms with van der Waals surface area (Å²) in [6, 6.07) is 2.24. The summed E-state index contributed by atoms with van der Waals surface area (Å²) in [6.45, 7) is 6.29. The van der Waals surface area contributed by atoms with Crippen LogP contribution in [-0.4, -0.2) is 98.5 Å². The molecule has 6 aliphatic heterocycles. The van der Waals surface area contributed by atoms with Crippen LogP contribution in [0.15, 0.2) is 18.5 Å². The van der Waals surface area contributed by atoms with Gasteiger partial charge >= 0.3 is 6.01 Å². The zero-order chi connectivity index (χ0) is 32.0. The van der Waals surface area contributed by atoms with Crippen molar-refractivity contribution >= 4 is 39.2 Å². The number of halogens is 2. The van der Waals surface area contributed by atoms with Gasteiger partial charge in [0, 0.05) is 60.4 Å².